The molecule has 0 saturated heterocycles. The van der Waals surface area contributed by atoms with Crippen LogP contribution in [0.15, 0.2) is 73.1 Å². The molecule has 62 heavy (non-hydrogen) atoms. The molecule has 2 aromatic heterocycles. The summed E-state index contributed by atoms with van der Waals surface area (Å²) < 4.78 is 5.16. The Labute approximate surface area is 370 Å². The average molecular weight is 823 g/mol. The molecule has 0 N–H and O–H groups in total. The fourth-order valence-corrected chi connectivity index (χ4v) is 11.2. The molecule has 0 fully saturated rings. The Balaban J connectivity index is 1.50. The Morgan fingerprint density at radius 2 is 0.839 bits per heavy atom. The van der Waals surface area contributed by atoms with Gasteiger partial charge in [-0.1, -0.05) is 132 Å². The first-order valence-corrected chi connectivity index (χ1v) is 24.0. The van der Waals surface area contributed by atoms with Gasteiger partial charge in [0, 0.05) is 21.9 Å². The SMILES string of the molecule is CC(C)Cc1ccc2c(c1)c1nc(CC(C)C)c[n+](C)c1c1c(C3c4c(CC(C)C)ccc5c6ccc(CC(C)C)cc6c6nc(CC(C)C)c[n+]3c6c45)c(CC(C)C)ccc21. The van der Waals surface area contributed by atoms with Gasteiger partial charge in [0.25, 0.3) is 0 Å². The number of hydrogen-bond donors (Lipinski definition) is 0. The van der Waals surface area contributed by atoms with Crippen molar-refractivity contribution in [2.75, 3.05) is 0 Å². The highest BCUT2D eigenvalue weighted by Crippen LogP contribution is 2.49. The number of hydrogen-bond acceptors (Lipinski definition) is 2. The molecule has 4 heteroatoms. The zero-order valence-electron chi connectivity index (χ0n) is 40.0. The van der Waals surface area contributed by atoms with Gasteiger partial charge in [0.1, 0.15) is 29.5 Å². The maximum absolute atomic E-state index is 5.69. The minimum absolute atomic E-state index is 0.0283. The van der Waals surface area contributed by atoms with E-state index in [9.17, 15) is 0 Å². The van der Waals surface area contributed by atoms with Gasteiger partial charge >= 0.3 is 0 Å². The van der Waals surface area contributed by atoms with Crippen LogP contribution >= 0.6 is 0 Å². The molecule has 4 nitrogen and oxygen atoms in total. The summed E-state index contributed by atoms with van der Waals surface area (Å²) in [6, 6.07) is 24.4. The van der Waals surface area contributed by atoms with Crippen molar-refractivity contribution < 1.29 is 9.13 Å². The zero-order valence-corrected chi connectivity index (χ0v) is 40.0. The van der Waals surface area contributed by atoms with E-state index < -0.39 is 0 Å². The number of aryl methyl sites for hydroxylation is 1. The summed E-state index contributed by atoms with van der Waals surface area (Å²) in [5.41, 5.74) is 15.8. The van der Waals surface area contributed by atoms with Crippen LogP contribution in [0.4, 0.5) is 0 Å². The lowest BCUT2D eigenvalue weighted by Gasteiger charge is -2.22. The van der Waals surface area contributed by atoms with Gasteiger partial charge in [0.2, 0.25) is 17.1 Å². The van der Waals surface area contributed by atoms with Crippen LogP contribution in [0.5, 0.6) is 0 Å². The lowest BCUT2D eigenvalue weighted by atomic mass is 9.81. The summed E-state index contributed by atoms with van der Waals surface area (Å²) in [5.74, 6) is 3.14. The predicted molar refractivity (Wildman–Crippen MR) is 263 cm³/mol. The molecular formula is C58H70N4+2. The second-order valence-corrected chi connectivity index (χ2v) is 21.7. The van der Waals surface area contributed by atoms with E-state index in [0.717, 1.165) is 55.3 Å². The normalized spacial score (nSPS) is 14.3. The van der Waals surface area contributed by atoms with Crippen molar-refractivity contribution in [1.82, 2.24) is 9.97 Å². The molecule has 0 amide bonds. The standard InChI is InChI=1S/C58H70N4/c1-32(2)22-38-14-18-44-46-20-16-40(24-34(5)6)50(52(46)57-54(48(44)28-38)59-42(26-36(9)10)30-61(57)13)56-51-41(25-35(7)8)17-21-47-45-19-15-39(23-33(3)4)29-49(45)55-58(53(47)51)62(56)31-43(60-55)27-37(11)12/h14-21,28-37,56H,22-27H2,1-13H3/q+2. The molecule has 0 bridgehead atoms. The Morgan fingerprint density at radius 3 is 1.29 bits per heavy atom. The van der Waals surface area contributed by atoms with Gasteiger partial charge in [-0.25, -0.2) is 9.97 Å². The third kappa shape index (κ3) is 7.43. The molecule has 1 aliphatic rings. The summed E-state index contributed by atoms with van der Waals surface area (Å²) in [6.45, 7) is 28.1. The number of aromatic nitrogens is 4. The maximum Gasteiger partial charge on any atom is 0.241 e. The highest BCUT2D eigenvalue weighted by molar-refractivity contribution is 6.26. The Morgan fingerprint density at radius 1 is 0.435 bits per heavy atom. The zero-order chi connectivity index (χ0) is 43.9. The first-order valence-electron chi connectivity index (χ1n) is 24.0. The van der Waals surface area contributed by atoms with Crippen LogP contribution in [-0.2, 0) is 45.6 Å². The van der Waals surface area contributed by atoms with Gasteiger partial charge < -0.3 is 0 Å². The van der Waals surface area contributed by atoms with Crippen LogP contribution in [0, 0.1) is 35.5 Å². The monoisotopic (exact) mass is 823 g/mol. The molecule has 9 rings (SSSR count). The van der Waals surface area contributed by atoms with Crippen molar-refractivity contribution in [2.24, 2.45) is 42.6 Å². The Hall–Kier alpha value is -4.96. The Bertz CT molecular complexity index is 3060. The van der Waals surface area contributed by atoms with Crippen molar-refractivity contribution in [3.8, 4) is 0 Å². The maximum atomic E-state index is 5.69. The van der Waals surface area contributed by atoms with E-state index in [4.69, 9.17) is 9.97 Å². The van der Waals surface area contributed by atoms with Gasteiger partial charge in [-0.05, 0) is 130 Å². The number of benzene rings is 6. The van der Waals surface area contributed by atoms with Crippen molar-refractivity contribution >= 4 is 65.2 Å². The van der Waals surface area contributed by atoms with E-state index in [2.05, 4.69) is 172 Å². The highest BCUT2D eigenvalue weighted by atomic mass is 15.1. The van der Waals surface area contributed by atoms with Crippen molar-refractivity contribution in [2.45, 2.75) is 128 Å². The second kappa shape index (κ2) is 16.3. The van der Waals surface area contributed by atoms with Gasteiger partial charge in [0.05, 0.1) is 10.8 Å². The van der Waals surface area contributed by atoms with E-state index >= 15 is 0 Å². The van der Waals surface area contributed by atoms with Gasteiger partial charge in [0.15, 0.2) is 12.4 Å². The Kier molecular flexibility index (Phi) is 11.1. The molecule has 1 atom stereocenters. The van der Waals surface area contributed by atoms with Crippen LogP contribution in [-0.4, -0.2) is 9.97 Å². The second-order valence-electron chi connectivity index (χ2n) is 21.7. The molecular weight excluding hydrogens is 753 g/mol. The molecule has 0 saturated carbocycles. The quantitative estimate of drug-likeness (QED) is 0.0857. The van der Waals surface area contributed by atoms with E-state index in [-0.39, 0.29) is 6.04 Å². The molecule has 1 unspecified atom stereocenters. The molecule has 0 spiro atoms. The van der Waals surface area contributed by atoms with Crippen LogP contribution < -0.4 is 9.13 Å². The highest BCUT2D eigenvalue weighted by Gasteiger charge is 2.43. The summed E-state index contributed by atoms with van der Waals surface area (Å²) in [4.78, 5) is 11.4. The largest absolute Gasteiger partial charge is 0.241 e. The minimum atomic E-state index is -0.0283. The van der Waals surface area contributed by atoms with E-state index in [1.165, 1.54) is 93.2 Å². The summed E-state index contributed by atoms with van der Waals surface area (Å²) in [5, 5.41) is 10.6. The number of nitrogens with zero attached hydrogens (tertiary/aromatic N) is 4. The van der Waals surface area contributed by atoms with Crippen LogP contribution in [0.25, 0.3) is 65.2 Å². The molecule has 1 aliphatic heterocycles. The van der Waals surface area contributed by atoms with Crippen molar-refractivity contribution in [3.63, 3.8) is 0 Å². The topological polar surface area (TPSA) is 33.5 Å². The number of fused-ring (bicyclic) bond motifs is 9. The molecule has 8 aromatic rings. The minimum Gasteiger partial charge on any atom is -0.240 e. The van der Waals surface area contributed by atoms with Crippen LogP contribution in [0.2, 0.25) is 0 Å². The molecule has 6 aromatic carbocycles. The van der Waals surface area contributed by atoms with Crippen molar-refractivity contribution in [3.05, 3.63) is 118 Å². The van der Waals surface area contributed by atoms with Gasteiger partial charge in [-0.15, -0.1) is 0 Å². The predicted octanol–water partition coefficient (Wildman–Crippen LogP) is 13.6. The van der Waals surface area contributed by atoms with Crippen LogP contribution in [0.1, 0.15) is 134 Å². The molecule has 0 aliphatic carbocycles. The number of rotatable bonds is 13. The fraction of sp³-hybridized carbons (Fsp3) is 0.448. The third-order valence-corrected chi connectivity index (χ3v) is 13.2. The summed E-state index contributed by atoms with van der Waals surface area (Å²) in [7, 11) is 2.28. The van der Waals surface area contributed by atoms with E-state index in [0.29, 0.717) is 35.5 Å². The van der Waals surface area contributed by atoms with E-state index in [1.54, 1.807) is 0 Å². The van der Waals surface area contributed by atoms with Crippen LogP contribution in [0.3, 0.4) is 0 Å². The van der Waals surface area contributed by atoms with Crippen molar-refractivity contribution in [1.29, 1.82) is 0 Å². The lowest BCUT2D eigenvalue weighted by molar-refractivity contribution is -0.675. The summed E-state index contributed by atoms with van der Waals surface area (Å²) in [6.07, 6.45) is 10.8. The van der Waals surface area contributed by atoms with Gasteiger partial charge in [-0.3, -0.25) is 0 Å². The lowest BCUT2D eigenvalue weighted by Crippen LogP contribution is -2.40. The third-order valence-electron chi connectivity index (χ3n) is 13.2. The fourth-order valence-electron chi connectivity index (χ4n) is 11.2. The summed E-state index contributed by atoms with van der Waals surface area (Å²) >= 11 is 0. The smallest absolute Gasteiger partial charge is 0.240 e. The first kappa shape index (κ1) is 42.3. The van der Waals surface area contributed by atoms with E-state index in [1.807, 2.05) is 0 Å². The molecule has 320 valence electrons. The first-order chi connectivity index (χ1) is 29.6. The molecule has 3 heterocycles. The average Bonchev–Trinajstić information content (AvgIpc) is 3.51. The van der Waals surface area contributed by atoms with Gasteiger partial charge in [-0.2, -0.15) is 9.13 Å². The molecule has 0 radical (unpaired) electrons.